The first-order valence-corrected chi connectivity index (χ1v) is 14.6. The minimum absolute atomic E-state index is 0.0188. The number of carbonyl (C=O) groups excluding carboxylic acids is 4. The van der Waals surface area contributed by atoms with Crippen molar-refractivity contribution in [2.75, 3.05) is 26.0 Å². The van der Waals surface area contributed by atoms with Crippen molar-refractivity contribution in [3.63, 3.8) is 0 Å². The van der Waals surface area contributed by atoms with Gasteiger partial charge in [-0.2, -0.15) is 0 Å². The van der Waals surface area contributed by atoms with Crippen molar-refractivity contribution < 1.29 is 38.3 Å². The van der Waals surface area contributed by atoms with Gasteiger partial charge in [-0.3, -0.25) is 19.7 Å². The highest BCUT2D eigenvalue weighted by atomic mass is 32.2. The van der Waals surface area contributed by atoms with Crippen LogP contribution >= 0.6 is 11.8 Å². The van der Waals surface area contributed by atoms with Crippen LogP contribution in [0.15, 0.2) is 29.2 Å². The van der Waals surface area contributed by atoms with Gasteiger partial charge in [-0.25, -0.2) is 9.59 Å². The molecule has 2 amide bonds. The quantitative estimate of drug-likeness (QED) is 0.0891. The Hall–Kier alpha value is -3.19. The van der Waals surface area contributed by atoms with E-state index in [1.807, 2.05) is 20.8 Å². The molecule has 1 aromatic carbocycles. The Morgan fingerprint density at radius 1 is 1.10 bits per heavy atom. The number of nitrogens with one attached hydrogen (secondary N) is 2. The molecule has 0 heterocycles. The van der Waals surface area contributed by atoms with Gasteiger partial charge in [0, 0.05) is 18.9 Å². The summed E-state index contributed by atoms with van der Waals surface area (Å²) in [7, 11) is 1.40. The van der Waals surface area contributed by atoms with Crippen LogP contribution in [0, 0.1) is 22.0 Å². The van der Waals surface area contributed by atoms with Gasteiger partial charge < -0.3 is 24.8 Å². The lowest BCUT2D eigenvalue weighted by Gasteiger charge is -2.28. The first kappa shape index (κ1) is 35.8. The normalized spacial score (nSPS) is 13.6. The van der Waals surface area contributed by atoms with E-state index in [1.165, 1.54) is 19.2 Å². The first-order chi connectivity index (χ1) is 19.2. The first-order valence-electron chi connectivity index (χ1n) is 13.6. The lowest BCUT2D eigenvalue weighted by atomic mass is 9.90. The fourth-order valence-corrected chi connectivity index (χ4v) is 4.74. The third kappa shape index (κ3) is 13.3. The van der Waals surface area contributed by atoms with E-state index in [0.29, 0.717) is 11.3 Å². The lowest BCUT2D eigenvalue weighted by Crippen LogP contribution is -2.52. The van der Waals surface area contributed by atoms with E-state index in [0.717, 1.165) is 18.2 Å². The molecular weight excluding hydrogens is 554 g/mol. The molecule has 0 aliphatic rings. The number of ether oxygens (including phenoxy) is 3. The maximum absolute atomic E-state index is 13.6. The standard InChI is InChI=1S/C28H43N3O9S/c1-8-9-14-38-27(35)24(39-16-23(32)40-28(4,5)6)19(15-18(2)3)25(33)30-20(26(34)29-7)17-41-22-13-11-10-12-21(22)31(36)37/h10-13,18-20,24H,8-9,14-17H2,1-7H3,(H,29,34)(H,30,33)/t19-,20+,24?/m1/s1. The second-order valence-corrected chi connectivity index (χ2v) is 11.8. The highest BCUT2D eigenvalue weighted by Gasteiger charge is 2.38. The summed E-state index contributed by atoms with van der Waals surface area (Å²) in [6.07, 6.45) is 0.131. The molecule has 0 fully saturated rings. The predicted molar refractivity (Wildman–Crippen MR) is 154 cm³/mol. The highest BCUT2D eigenvalue weighted by molar-refractivity contribution is 7.99. The van der Waals surface area contributed by atoms with Crippen LogP contribution in [-0.4, -0.2) is 72.4 Å². The molecule has 0 aliphatic heterocycles. The van der Waals surface area contributed by atoms with Gasteiger partial charge in [0.15, 0.2) is 6.10 Å². The van der Waals surface area contributed by atoms with Crippen molar-refractivity contribution in [1.29, 1.82) is 0 Å². The number of amides is 2. The number of thioether (sulfide) groups is 1. The fraction of sp³-hybridized carbons (Fsp3) is 0.643. The molecule has 0 aliphatic carbocycles. The number of likely N-dealkylation sites (N-methyl/N-ethyl adjacent to an activating group) is 1. The van der Waals surface area contributed by atoms with Gasteiger partial charge in [0.05, 0.1) is 22.3 Å². The van der Waals surface area contributed by atoms with E-state index in [-0.39, 0.29) is 30.4 Å². The molecule has 1 rings (SSSR count). The molecule has 1 aromatic rings. The van der Waals surface area contributed by atoms with E-state index in [4.69, 9.17) is 14.2 Å². The van der Waals surface area contributed by atoms with E-state index >= 15 is 0 Å². The van der Waals surface area contributed by atoms with Crippen molar-refractivity contribution in [3.8, 4) is 0 Å². The average molecular weight is 598 g/mol. The number of rotatable bonds is 17. The fourth-order valence-electron chi connectivity index (χ4n) is 3.69. The van der Waals surface area contributed by atoms with Crippen molar-refractivity contribution in [2.45, 2.75) is 83.4 Å². The van der Waals surface area contributed by atoms with Crippen molar-refractivity contribution in [2.24, 2.45) is 11.8 Å². The molecule has 12 nitrogen and oxygen atoms in total. The van der Waals surface area contributed by atoms with Crippen LogP contribution in [-0.2, 0) is 33.4 Å². The van der Waals surface area contributed by atoms with E-state index in [2.05, 4.69) is 10.6 Å². The molecule has 230 valence electrons. The molecule has 1 unspecified atom stereocenters. The molecule has 3 atom stereocenters. The molecule has 13 heteroatoms. The number of hydrogen-bond donors (Lipinski definition) is 2. The molecule has 0 spiro atoms. The van der Waals surface area contributed by atoms with Crippen molar-refractivity contribution in [3.05, 3.63) is 34.4 Å². The minimum Gasteiger partial charge on any atom is -0.464 e. The third-order valence-corrected chi connectivity index (χ3v) is 6.71. The Morgan fingerprint density at radius 2 is 1.76 bits per heavy atom. The summed E-state index contributed by atoms with van der Waals surface area (Å²) in [5.41, 5.74) is -0.902. The van der Waals surface area contributed by atoms with Crippen LogP contribution in [0.25, 0.3) is 0 Å². The van der Waals surface area contributed by atoms with Gasteiger partial charge in [0.2, 0.25) is 11.8 Å². The average Bonchev–Trinajstić information content (AvgIpc) is 2.88. The van der Waals surface area contributed by atoms with Gasteiger partial charge >= 0.3 is 11.9 Å². The minimum atomic E-state index is -1.44. The zero-order valence-electron chi connectivity index (χ0n) is 24.9. The molecule has 0 saturated heterocycles. The third-order valence-electron chi connectivity index (χ3n) is 5.55. The number of para-hydroxylation sites is 1. The van der Waals surface area contributed by atoms with Crippen LogP contribution in [0.1, 0.15) is 60.8 Å². The van der Waals surface area contributed by atoms with Crippen LogP contribution in [0.3, 0.4) is 0 Å². The number of esters is 2. The summed E-state index contributed by atoms with van der Waals surface area (Å²) in [5, 5.41) is 16.6. The Morgan fingerprint density at radius 3 is 2.32 bits per heavy atom. The van der Waals surface area contributed by atoms with Gasteiger partial charge in [-0.1, -0.05) is 39.3 Å². The smallest absolute Gasteiger partial charge is 0.336 e. The Balaban J connectivity index is 3.23. The summed E-state index contributed by atoms with van der Waals surface area (Å²) < 4.78 is 16.3. The largest absolute Gasteiger partial charge is 0.464 e. The predicted octanol–water partition coefficient (Wildman–Crippen LogP) is 3.65. The molecule has 0 aromatic heterocycles. The summed E-state index contributed by atoms with van der Waals surface area (Å²) in [6.45, 7) is 10.2. The summed E-state index contributed by atoms with van der Waals surface area (Å²) in [4.78, 5) is 63.0. The maximum Gasteiger partial charge on any atom is 0.336 e. The van der Waals surface area contributed by atoms with Crippen LogP contribution in [0.5, 0.6) is 0 Å². The van der Waals surface area contributed by atoms with Gasteiger partial charge in [0.25, 0.3) is 5.69 Å². The number of nitro benzene ring substituents is 1. The number of carbonyl (C=O) groups is 4. The Bertz CT molecular complexity index is 1040. The van der Waals surface area contributed by atoms with E-state index < -0.39 is 58.9 Å². The Labute approximate surface area is 245 Å². The molecule has 0 saturated carbocycles. The maximum atomic E-state index is 13.6. The number of hydrogen-bond acceptors (Lipinski definition) is 10. The molecular formula is C28H43N3O9S. The number of nitro groups is 1. The van der Waals surface area contributed by atoms with E-state index in [9.17, 15) is 29.3 Å². The highest BCUT2D eigenvalue weighted by Crippen LogP contribution is 2.29. The number of benzene rings is 1. The molecule has 41 heavy (non-hydrogen) atoms. The van der Waals surface area contributed by atoms with E-state index in [1.54, 1.807) is 32.9 Å². The second-order valence-electron chi connectivity index (χ2n) is 10.8. The molecule has 2 N–H and O–H groups in total. The summed E-state index contributed by atoms with van der Waals surface area (Å²) in [5.74, 6) is -3.88. The van der Waals surface area contributed by atoms with Crippen LogP contribution < -0.4 is 10.6 Å². The molecule has 0 bridgehead atoms. The van der Waals surface area contributed by atoms with Crippen molar-refractivity contribution >= 4 is 41.2 Å². The SMILES string of the molecule is CCCCOC(=O)C(OCC(=O)OC(C)(C)C)[C@@H](CC(C)C)C(=O)N[C@@H](CSc1ccccc1[N+](=O)[O-])C(=O)NC. The summed E-state index contributed by atoms with van der Waals surface area (Å²) in [6, 6.07) is 4.99. The van der Waals surface area contributed by atoms with Crippen LogP contribution in [0.4, 0.5) is 5.69 Å². The van der Waals surface area contributed by atoms with Gasteiger partial charge in [-0.05, 0) is 45.6 Å². The summed E-state index contributed by atoms with van der Waals surface area (Å²) >= 11 is 1.04. The molecule has 0 radical (unpaired) electrons. The zero-order valence-corrected chi connectivity index (χ0v) is 25.7. The zero-order chi connectivity index (χ0) is 31.2. The van der Waals surface area contributed by atoms with Crippen molar-refractivity contribution in [1.82, 2.24) is 10.6 Å². The number of unbranched alkanes of at least 4 members (excludes halogenated alkanes) is 1. The Kier molecular flexibility index (Phi) is 15.4. The number of nitrogens with zero attached hydrogens (tertiary/aromatic N) is 1. The van der Waals surface area contributed by atoms with Crippen LogP contribution in [0.2, 0.25) is 0 Å². The van der Waals surface area contributed by atoms with Gasteiger partial charge in [0.1, 0.15) is 18.2 Å². The van der Waals surface area contributed by atoms with Gasteiger partial charge in [-0.15, -0.1) is 11.8 Å². The lowest BCUT2D eigenvalue weighted by molar-refractivity contribution is -0.387. The topological polar surface area (TPSA) is 163 Å². The second kappa shape index (κ2) is 17.6. The monoisotopic (exact) mass is 597 g/mol.